The molecule has 1 N–H and O–H groups in total. The van der Waals surface area contributed by atoms with Crippen LogP contribution in [0.2, 0.25) is 10.0 Å². The monoisotopic (exact) mass is 287 g/mol. The number of nitrogens with one attached hydrogen (secondary N) is 1. The number of anilines is 1. The van der Waals surface area contributed by atoms with Gasteiger partial charge in [0.25, 0.3) is 0 Å². The topological polar surface area (TPSA) is 37.8 Å². The summed E-state index contributed by atoms with van der Waals surface area (Å²) in [6.45, 7) is 4.10. The van der Waals surface area contributed by atoms with E-state index in [4.69, 9.17) is 23.2 Å². The number of halogens is 2. The molecule has 0 aliphatic rings. The summed E-state index contributed by atoms with van der Waals surface area (Å²) in [6, 6.07) is 5.68. The smallest absolute Gasteiger partial charge is 0.206 e. The number of hydrogen-bond acceptors (Lipinski definition) is 4. The summed E-state index contributed by atoms with van der Waals surface area (Å²) in [4.78, 5) is 0. The Morgan fingerprint density at radius 2 is 2.00 bits per heavy atom. The lowest BCUT2D eigenvalue weighted by molar-refractivity contribution is 0.888. The Morgan fingerprint density at radius 1 is 1.24 bits per heavy atom. The van der Waals surface area contributed by atoms with Crippen molar-refractivity contribution < 1.29 is 0 Å². The summed E-state index contributed by atoms with van der Waals surface area (Å²) in [5.74, 6) is 0. The Labute approximate surface area is 114 Å². The molecule has 1 aromatic heterocycles. The maximum atomic E-state index is 6.11. The molecular formula is C11H11Cl2N3S. The van der Waals surface area contributed by atoms with E-state index in [9.17, 15) is 0 Å². The van der Waals surface area contributed by atoms with Gasteiger partial charge in [0.15, 0.2) is 5.01 Å². The predicted octanol–water partition coefficient (Wildman–Crippen LogP) is 4.33. The van der Waals surface area contributed by atoms with E-state index in [-0.39, 0.29) is 0 Å². The van der Waals surface area contributed by atoms with Gasteiger partial charge in [-0.15, -0.1) is 10.2 Å². The fourth-order valence-corrected chi connectivity index (χ4v) is 2.78. The molecule has 0 saturated carbocycles. The van der Waals surface area contributed by atoms with Crippen molar-refractivity contribution in [2.24, 2.45) is 0 Å². The van der Waals surface area contributed by atoms with Gasteiger partial charge in [0.1, 0.15) is 0 Å². The average molecular weight is 288 g/mol. The van der Waals surface area contributed by atoms with Crippen LogP contribution in [0, 0.1) is 0 Å². The van der Waals surface area contributed by atoms with Crippen LogP contribution in [0.15, 0.2) is 18.2 Å². The standard InChI is InChI=1S/C11H11Cl2N3S/c1-6(2)14-11-16-15-10(17-11)8-4-3-7(12)5-9(8)13/h3-6H,1-2H3,(H,14,16). The number of benzene rings is 1. The SMILES string of the molecule is CC(C)Nc1nnc(-c2ccc(Cl)cc2Cl)s1. The summed E-state index contributed by atoms with van der Waals surface area (Å²) >= 11 is 13.4. The van der Waals surface area contributed by atoms with Crippen LogP contribution < -0.4 is 5.32 Å². The Morgan fingerprint density at radius 3 is 2.65 bits per heavy atom. The molecule has 0 unspecified atom stereocenters. The molecule has 0 fully saturated rings. The number of rotatable bonds is 3. The molecule has 0 spiro atoms. The van der Waals surface area contributed by atoms with Gasteiger partial charge in [-0.05, 0) is 32.0 Å². The first-order chi connectivity index (χ1) is 8.06. The third-order valence-corrected chi connectivity index (χ3v) is 3.43. The molecule has 1 heterocycles. The van der Waals surface area contributed by atoms with Crippen molar-refractivity contribution in [2.45, 2.75) is 19.9 Å². The van der Waals surface area contributed by atoms with Crippen molar-refractivity contribution >= 4 is 39.7 Å². The third kappa shape index (κ3) is 3.09. The first kappa shape index (κ1) is 12.6. The fraction of sp³-hybridized carbons (Fsp3) is 0.273. The van der Waals surface area contributed by atoms with Gasteiger partial charge in [-0.25, -0.2) is 0 Å². The molecular weight excluding hydrogens is 277 g/mol. The van der Waals surface area contributed by atoms with Crippen molar-refractivity contribution in [3.05, 3.63) is 28.2 Å². The van der Waals surface area contributed by atoms with Gasteiger partial charge in [-0.3, -0.25) is 0 Å². The normalized spacial score (nSPS) is 10.9. The van der Waals surface area contributed by atoms with E-state index in [0.717, 1.165) is 15.7 Å². The maximum Gasteiger partial charge on any atom is 0.206 e. The zero-order valence-electron chi connectivity index (χ0n) is 9.37. The minimum absolute atomic E-state index is 0.330. The van der Waals surface area contributed by atoms with Crippen molar-refractivity contribution in [1.82, 2.24) is 10.2 Å². The van der Waals surface area contributed by atoms with Gasteiger partial charge in [0, 0.05) is 16.6 Å². The molecule has 0 radical (unpaired) electrons. The predicted molar refractivity (Wildman–Crippen MR) is 74.1 cm³/mol. The lowest BCUT2D eigenvalue weighted by Crippen LogP contribution is -2.08. The highest BCUT2D eigenvalue weighted by Gasteiger charge is 2.10. The van der Waals surface area contributed by atoms with E-state index < -0.39 is 0 Å². The zero-order chi connectivity index (χ0) is 12.4. The zero-order valence-corrected chi connectivity index (χ0v) is 11.7. The summed E-state index contributed by atoms with van der Waals surface area (Å²) in [5.41, 5.74) is 0.852. The highest BCUT2D eigenvalue weighted by Crippen LogP contribution is 2.33. The Bertz CT molecular complexity index is 525. The second-order valence-corrected chi connectivity index (χ2v) is 5.66. The van der Waals surface area contributed by atoms with Crippen molar-refractivity contribution in [1.29, 1.82) is 0 Å². The lowest BCUT2D eigenvalue weighted by atomic mass is 10.2. The van der Waals surface area contributed by atoms with Crippen LogP contribution in [-0.2, 0) is 0 Å². The highest BCUT2D eigenvalue weighted by molar-refractivity contribution is 7.18. The van der Waals surface area contributed by atoms with Crippen molar-refractivity contribution in [2.75, 3.05) is 5.32 Å². The molecule has 0 saturated heterocycles. The van der Waals surface area contributed by atoms with Crippen LogP contribution >= 0.6 is 34.5 Å². The summed E-state index contributed by atoms with van der Waals surface area (Å²) in [6.07, 6.45) is 0. The first-order valence-corrected chi connectivity index (χ1v) is 6.69. The molecule has 0 amide bonds. The largest absolute Gasteiger partial charge is 0.358 e. The van der Waals surface area contributed by atoms with E-state index in [1.165, 1.54) is 11.3 Å². The molecule has 17 heavy (non-hydrogen) atoms. The summed E-state index contributed by atoms with van der Waals surface area (Å²) < 4.78 is 0. The van der Waals surface area contributed by atoms with Gasteiger partial charge < -0.3 is 5.32 Å². The molecule has 3 nitrogen and oxygen atoms in total. The van der Waals surface area contributed by atoms with Gasteiger partial charge >= 0.3 is 0 Å². The van der Waals surface area contributed by atoms with Crippen LogP contribution in [0.4, 0.5) is 5.13 Å². The van der Waals surface area contributed by atoms with E-state index in [2.05, 4.69) is 29.4 Å². The van der Waals surface area contributed by atoms with E-state index in [0.29, 0.717) is 16.1 Å². The molecule has 2 rings (SSSR count). The maximum absolute atomic E-state index is 6.11. The number of aromatic nitrogens is 2. The summed E-state index contributed by atoms with van der Waals surface area (Å²) in [5, 5.41) is 14.2. The fourth-order valence-electron chi connectivity index (χ4n) is 1.30. The van der Waals surface area contributed by atoms with E-state index in [1.54, 1.807) is 12.1 Å². The molecule has 0 aliphatic heterocycles. The first-order valence-electron chi connectivity index (χ1n) is 5.11. The number of nitrogens with zero attached hydrogens (tertiary/aromatic N) is 2. The van der Waals surface area contributed by atoms with Gasteiger partial charge in [0.05, 0.1) is 5.02 Å². The van der Waals surface area contributed by atoms with Crippen LogP contribution in [-0.4, -0.2) is 16.2 Å². The molecule has 0 aliphatic carbocycles. The van der Waals surface area contributed by atoms with Crippen molar-refractivity contribution in [3.63, 3.8) is 0 Å². The lowest BCUT2D eigenvalue weighted by Gasteiger charge is -2.03. The average Bonchev–Trinajstić information content (AvgIpc) is 2.65. The quantitative estimate of drug-likeness (QED) is 0.913. The Kier molecular flexibility index (Phi) is 3.86. The minimum Gasteiger partial charge on any atom is -0.358 e. The van der Waals surface area contributed by atoms with Crippen molar-refractivity contribution in [3.8, 4) is 10.6 Å². The second-order valence-electron chi connectivity index (χ2n) is 3.84. The molecule has 0 bridgehead atoms. The van der Waals surface area contributed by atoms with Crippen LogP contribution in [0.25, 0.3) is 10.6 Å². The number of hydrogen-bond donors (Lipinski definition) is 1. The molecule has 1 aromatic carbocycles. The van der Waals surface area contributed by atoms with Crippen LogP contribution in [0.3, 0.4) is 0 Å². The molecule has 6 heteroatoms. The Balaban J connectivity index is 2.30. The highest BCUT2D eigenvalue weighted by atomic mass is 35.5. The third-order valence-electron chi connectivity index (χ3n) is 2.00. The van der Waals surface area contributed by atoms with Gasteiger partial charge in [-0.2, -0.15) is 0 Å². The van der Waals surface area contributed by atoms with Crippen LogP contribution in [0.1, 0.15) is 13.8 Å². The minimum atomic E-state index is 0.330. The molecule has 0 atom stereocenters. The van der Waals surface area contributed by atoms with E-state index >= 15 is 0 Å². The van der Waals surface area contributed by atoms with Gasteiger partial charge in [-0.1, -0.05) is 34.5 Å². The van der Waals surface area contributed by atoms with Gasteiger partial charge in [0.2, 0.25) is 5.13 Å². The second kappa shape index (κ2) is 5.21. The van der Waals surface area contributed by atoms with Crippen LogP contribution in [0.5, 0.6) is 0 Å². The molecule has 2 aromatic rings. The van der Waals surface area contributed by atoms with E-state index in [1.807, 2.05) is 6.07 Å². The summed E-state index contributed by atoms with van der Waals surface area (Å²) in [7, 11) is 0. The molecule has 90 valence electrons. The Hall–Kier alpha value is -0.840.